The van der Waals surface area contributed by atoms with Gasteiger partial charge in [-0.1, -0.05) is 24.3 Å². The molecule has 7 nitrogen and oxygen atoms in total. The molecule has 0 aliphatic carbocycles. The number of nitrogens with zero attached hydrogens (tertiary/aromatic N) is 1. The van der Waals surface area contributed by atoms with Crippen LogP contribution in [-0.4, -0.2) is 36.9 Å². The van der Waals surface area contributed by atoms with Crippen molar-refractivity contribution in [2.75, 3.05) is 13.7 Å². The zero-order valence-corrected chi connectivity index (χ0v) is 12.9. The molecule has 0 bridgehead atoms. The molecule has 0 unspecified atom stereocenters. The summed E-state index contributed by atoms with van der Waals surface area (Å²) in [5.74, 6) is -0.661. The fourth-order valence-electron chi connectivity index (χ4n) is 1.78. The average Bonchev–Trinajstić information content (AvgIpc) is 2.60. The molecule has 0 aromatic heterocycles. The number of ether oxygens (including phenoxy) is 2. The van der Waals surface area contributed by atoms with Crippen LogP contribution in [0.15, 0.2) is 53.6 Å². The lowest BCUT2D eigenvalue weighted by Crippen LogP contribution is -2.17. The molecule has 2 N–H and O–H groups in total. The largest absolute Gasteiger partial charge is 0.507 e. The van der Waals surface area contributed by atoms with Crippen LogP contribution in [0.4, 0.5) is 0 Å². The molecule has 7 heteroatoms. The van der Waals surface area contributed by atoms with E-state index >= 15 is 0 Å². The maximum absolute atomic E-state index is 11.9. The number of phenols is 1. The fourth-order valence-corrected chi connectivity index (χ4v) is 1.78. The van der Waals surface area contributed by atoms with Gasteiger partial charge in [-0.15, -0.1) is 0 Å². The number of rotatable bonds is 6. The molecule has 2 rings (SSSR count). The predicted octanol–water partition coefficient (Wildman–Crippen LogP) is 1.71. The smallest absolute Gasteiger partial charge is 0.343 e. The number of hydrogen-bond donors (Lipinski definition) is 2. The van der Waals surface area contributed by atoms with E-state index in [1.165, 1.54) is 25.5 Å². The zero-order valence-electron chi connectivity index (χ0n) is 12.9. The van der Waals surface area contributed by atoms with Gasteiger partial charge in [0.25, 0.3) is 5.91 Å². The molecule has 2 aromatic carbocycles. The molecule has 0 radical (unpaired) electrons. The van der Waals surface area contributed by atoms with E-state index in [4.69, 9.17) is 4.74 Å². The first-order valence-electron chi connectivity index (χ1n) is 7.01. The summed E-state index contributed by atoms with van der Waals surface area (Å²) < 4.78 is 9.74. The molecule has 1 amide bonds. The number of carbonyl (C=O) groups excluding carboxylic acids is 2. The Morgan fingerprint density at radius 3 is 2.75 bits per heavy atom. The van der Waals surface area contributed by atoms with Gasteiger partial charge in [0.2, 0.25) is 0 Å². The molecule has 0 fully saturated rings. The average molecular weight is 328 g/mol. The van der Waals surface area contributed by atoms with Crippen LogP contribution in [0.25, 0.3) is 0 Å². The van der Waals surface area contributed by atoms with Crippen LogP contribution in [0, 0.1) is 0 Å². The lowest BCUT2D eigenvalue weighted by molar-refractivity contribution is -0.142. The third-order valence-electron chi connectivity index (χ3n) is 2.97. The van der Waals surface area contributed by atoms with Crippen molar-refractivity contribution in [3.8, 4) is 11.5 Å². The van der Waals surface area contributed by atoms with E-state index in [1.54, 1.807) is 36.4 Å². The molecule has 0 aliphatic heterocycles. The Bertz CT molecular complexity index is 758. The number of esters is 1. The van der Waals surface area contributed by atoms with Gasteiger partial charge < -0.3 is 14.6 Å². The third-order valence-corrected chi connectivity index (χ3v) is 2.97. The molecule has 2 aromatic rings. The van der Waals surface area contributed by atoms with E-state index in [0.717, 1.165) is 0 Å². The number of hydrazone groups is 1. The molecule has 0 saturated carbocycles. The first kappa shape index (κ1) is 17.0. The van der Waals surface area contributed by atoms with Gasteiger partial charge in [-0.3, -0.25) is 4.79 Å². The summed E-state index contributed by atoms with van der Waals surface area (Å²) >= 11 is 0. The van der Waals surface area contributed by atoms with Gasteiger partial charge in [-0.2, -0.15) is 5.10 Å². The van der Waals surface area contributed by atoms with Gasteiger partial charge in [-0.25, -0.2) is 10.2 Å². The van der Waals surface area contributed by atoms with E-state index in [1.807, 2.05) is 0 Å². The van der Waals surface area contributed by atoms with E-state index in [9.17, 15) is 14.7 Å². The van der Waals surface area contributed by atoms with Crippen LogP contribution < -0.4 is 10.2 Å². The minimum atomic E-state index is -0.526. The molecular formula is C17H16N2O5. The number of methoxy groups -OCH3 is 1. The van der Waals surface area contributed by atoms with Crippen molar-refractivity contribution >= 4 is 18.1 Å². The Labute approximate surface area is 138 Å². The minimum Gasteiger partial charge on any atom is -0.507 e. The zero-order chi connectivity index (χ0) is 17.4. The first-order valence-corrected chi connectivity index (χ1v) is 7.01. The lowest BCUT2D eigenvalue weighted by atomic mass is 10.2. The van der Waals surface area contributed by atoms with Crippen molar-refractivity contribution in [1.82, 2.24) is 5.43 Å². The molecular weight excluding hydrogens is 312 g/mol. The van der Waals surface area contributed by atoms with Crippen LogP contribution >= 0.6 is 0 Å². The van der Waals surface area contributed by atoms with Crippen molar-refractivity contribution in [3.63, 3.8) is 0 Å². The minimum absolute atomic E-state index is 0.122. The van der Waals surface area contributed by atoms with Gasteiger partial charge in [-0.05, 0) is 29.8 Å². The van der Waals surface area contributed by atoms with Gasteiger partial charge in [0.05, 0.1) is 18.9 Å². The van der Waals surface area contributed by atoms with E-state index < -0.39 is 11.9 Å². The van der Waals surface area contributed by atoms with Crippen molar-refractivity contribution in [2.24, 2.45) is 5.10 Å². The van der Waals surface area contributed by atoms with Crippen LogP contribution in [0.1, 0.15) is 15.9 Å². The second kappa shape index (κ2) is 8.33. The van der Waals surface area contributed by atoms with Crippen molar-refractivity contribution in [3.05, 3.63) is 59.7 Å². The molecule has 124 valence electrons. The Morgan fingerprint density at radius 2 is 2.00 bits per heavy atom. The number of aromatic hydroxyl groups is 1. The topological polar surface area (TPSA) is 97.2 Å². The molecule has 0 spiro atoms. The van der Waals surface area contributed by atoms with Gasteiger partial charge >= 0.3 is 5.97 Å². The number of amides is 1. The highest BCUT2D eigenvalue weighted by Gasteiger charge is 2.08. The third kappa shape index (κ3) is 4.84. The normalized spacial score (nSPS) is 10.4. The van der Waals surface area contributed by atoms with Gasteiger partial charge in [0.15, 0.2) is 6.61 Å². The maximum atomic E-state index is 11.9. The lowest BCUT2D eigenvalue weighted by Gasteiger charge is -2.05. The van der Waals surface area contributed by atoms with Crippen LogP contribution in [0.3, 0.4) is 0 Å². The van der Waals surface area contributed by atoms with Crippen LogP contribution in [0.2, 0.25) is 0 Å². The second-order valence-corrected chi connectivity index (χ2v) is 4.65. The quantitative estimate of drug-likeness (QED) is 0.478. The van der Waals surface area contributed by atoms with E-state index in [-0.39, 0.29) is 17.9 Å². The standard InChI is InChI=1S/C17H16N2O5/c1-23-16(21)11-24-13-6-4-5-12(9-13)10-18-19-17(22)14-7-2-3-8-15(14)20/h2-10,20H,11H2,1H3,(H,19,22)/b18-10-. The molecule has 0 saturated heterocycles. The fraction of sp³-hybridized carbons (Fsp3) is 0.118. The summed E-state index contributed by atoms with van der Waals surface area (Å²) in [5, 5.41) is 13.4. The Kier molecular flexibility index (Phi) is 5.90. The monoisotopic (exact) mass is 328 g/mol. The van der Waals surface area contributed by atoms with Crippen molar-refractivity contribution in [2.45, 2.75) is 0 Å². The summed E-state index contributed by atoms with van der Waals surface area (Å²) in [4.78, 5) is 22.9. The van der Waals surface area contributed by atoms with Crippen LogP contribution in [0.5, 0.6) is 11.5 Å². The first-order chi connectivity index (χ1) is 11.6. The Morgan fingerprint density at radius 1 is 1.21 bits per heavy atom. The number of phenolic OH excluding ortho intramolecular Hbond substituents is 1. The predicted molar refractivity (Wildman–Crippen MR) is 87.1 cm³/mol. The summed E-state index contributed by atoms with van der Waals surface area (Å²) in [5.41, 5.74) is 3.11. The summed E-state index contributed by atoms with van der Waals surface area (Å²) in [6.07, 6.45) is 1.42. The van der Waals surface area contributed by atoms with Gasteiger partial charge in [0, 0.05) is 0 Å². The maximum Gasteiger partial charge on any atom is 0.343 e. The number of hydrogen-bond acceptors (Lipinski definition) is 6. The Balaban J connectivity index is 1.95. The molecule has 0 atom stereocenters. The molecule has 0 heterocycles. The highest BCUT2D eigenvalue weighted by atomic mass is 16.6. The number of para-hydroxylation sites is 1. The van der Waals surface area contributed by atoms with Crippen molar-refractivity contribution in [1.29, 1.82) is 0 Å². The highest BCUT2D eigenvalue weighted by Crippen LogP contribution is 2.15. The summed E-state index contributed by atoms with van der Waals surface area (Å²) in [6.45, 7) is -0.193. The SMILES string of the molecule is COC(=O)COc1cccc(/C=N\NC(=O)c2ccccc2O)c1. The number of carbonyl (C=O) groups is 2. The van der Waals surface area contributed by atoms with E-state index in [2.05, 4.69) is 15.3 Å². The second-order valence-electron chi connectivity index (χ2n) is 4.65. The molecule has 0 aliphatic rings. The molecule has 24 heavy (non-hydrogen) atoms. The Hall–Kier alpha value is -3.35. The highest BCUT2D eigenvalue weighted by molar-refractivity contribution is 5.97. The van der Waals surface area contributed by atoms with Gasteiger partial charge in [0.1, 0.15) is 11.5 Å². The van der Waals surface area contributed by atoms with Crippen LogP contribution in [-0.2, 0) is 9.53 Å². The number of benzene rings is 2. The van der Waals surface area contributed by atoms with Crippen molar-refractivity contribution < 1.29 is 24.2 Å². The number of nitrogens with one attached hydrogen (secondary N) is 1. The van der Waals surface area contributed by atoms with E-state index in [0.29, 0.717) is 11.3 Å². The summed E-state index contributed by atoms with van der Waals surface area (Å²) in [7, 11) is 1.28. The summed E-state index contributed by atoms with van der Waals surface area (Å²) in [6, 6.07) is 13.0.